The molecule has 0 bridgehead atoms. The third-order valence-electron chi connectivity index (χ3n) is 2.63. The Bertz CT molecular complexity index is 558. The van der Waals surface area contributed by atoms with Gasteiger partial charge in [0.15, 0.2) is 0 Å². The van der Waals surface area contributed by atoms with E-state index in [0.717, 1.165) is 5.56 Å². The molecule has 0 aliphatic heterocycles. The van der Waals surface area contributed by atoms with Gasteiger partial charge < -0.3 is 5.73 Å². The monoisotopic (exact) mass is 283 g/mol. The standard InChI is InChI=1S/C13H21N3O2S/c1-9(2)8-12(14)13(17)16-19(15,18)11-6-4-10(3)5-7-11/h4-7,9,12H,8,14H2,1-3H3,(H2,15,16,17,18)/t12-,19?/m0/s1. The first kappa shape index (κ1) is 15.8. The molecule has 4 N–H and O–H groups in total. The van der Waals surface area contributed by atoms with Crippen LogP contribution >= 0.6 is 0 Å². The molecule has 5 nitrogen and oxygen atoms in total. The average molecular weight is 283 g/mol. The molecule has 2 atom stereocenters. The first-order valence-corrected chi connectivity index (χ1v) is 7.71. The molecule has 0 heterocycles. The number of amides is 1. The summed E-state index contributed by atoms with van der Waals surface area (Å²) in [6.45, 7) is 5.81. The molecule has 19 heavy (non-hydrogen) atoms. The van der Waals surface area contributed by atoms with Gasteiger partial charge in [0.25, 0.3) is 5.91 Å². The molecular weight excluding hydrogens is 262 g/mol. The summed E-state index contributed by atoms with van der Waals surface area (Å²) < 4.78 is 15.8. The minimum absolute atomic E-state index is 0.266. The van der Waals surface area contributed by atoms with Crippen molar-refractivity contribution < 1.29 is 9.00 Å². The van der Waals surface area contributed by atoms with E-state index in [9.17, 15) is 9.00 Å². The van der Waals surface area contributed by atoms with Gasteiger partial charge in [-0.05, 0) is 31.4 Å². The molecule has 0 aliphatic carbocycles. The van der Waals surface area contributed by atoms with Crippen LogP contribution in [0.1, 0.15) is 25.8 Å². The van der Waals surface area contributed by atoms with Gasteiger partial charge in [-0.1, -0.05) is 31.5 Å². The fourth-order valence-corrected chi connectivity index (χ4v) is 2.63. The van der Waals surface area contributed by atoms with Crippen molar-refractivity contribution in [3.05, 3.63) is 29.8 Å². The van der Waals surface area contributed by atoms with Crippen LogP contribution in [0, 0.1) is 12.8 Å². The Morgan fingerprint density at radius 3 is 2.32 bits per heavy atom. The fourth-order valence-electron chi connectivity index (χ4n) is 1.60. The molecule has 1 rings (SSSR count). The van der Waals surface area contributed by atoms with Gasteiger partial charge in [-0.3, -0.25) is 4.79 Å². The first-order valence-electron chi connectivity index (χ1n) is 6.13. The largest absolute Gasteiger partial charge is 0.320 e. The van der Waals surface area contributed by atoms with Crippen LogP contribution in [0.15, 0.2) is 33.5 Å². The van der Waals surface area contributed by atoms with Gasteiger partial charge in [0.05, 0.1) is 10.9 Å². The number of aryl methyl sites for hydroxylation is 1. The maximum absolute atomic E-state index is 12.2. The lowest BCUT2D eigenvalue weighted by atomic mass is 10.0. The normalized spacial score (nSPS) is 15.9. The zero-order valence-electron chi connectivity index (χ0n) is 11.5. The van der Waals surface area contributed by atoms with Gasteiger partial charge in [0.1, 0.15) is 9.92 Å². The summed E-state index contributed by atoms with van der Waals surface area (Å²) in [6, 6.07) is 6.02. The number of hydrogen-bond donors (Lipinski definition) is 2. The lowest BCUT2D eigenvalue weighted by Gasteiger charge is -2.11. The van der Waals surface area contributed by atoms with E-state index >= 15 is 0 Å². The van der Waals surface area contributed by atoms with Gasteiger partial charge in [0.2, 0.25) is 0 Å². The Labute approximate surface area is 114 Å². The summed E-state index contributed by atoms with van der Waals surface area (Å²) in [5.74, 6) is -0.343. The smallest absolute Gasteiger partial charge is 0.271 e. The molecule has 106 valence electrons. The van der Waals surface area contributed by atoms with E-state index in [2.05, 4.69) is 4.36 Å². The third kappa shape index (κ3) is 4.74. The highest BCUT2D eigenvalue weighted by atomic mass is 32.2. The van der Waals surface area contributed by atoms with E-state index in [0.29, 0.717) is 11.3 Å². The summed E-state index contributed by atoms with van der Waals surface area (Å²) in [5.41, 5.74) is 6.72. The van der Waals surface area contributed by atoms with Crippen LogP contribution in [-0.2, 0) is 14.7 Å². The highest BCUT2D eigenvalue weighted by molar-refractivity contribution is 7.91. The van der Waals surface area contributed by atoms with Crippen molar-refractivity contribution in [3.63, 3.8) is 0 Å². The average Bonchev–Trinajstić information content (AvgIpc) is 2.27. The first-order chi connectivity index (χ1) is 8.72. The van der Waals surface area contributed by atoms with Crippen LogP contribution in [0.25, 0.3) is 0 Å². The number of carbonyl (C=O) groups excluding carboxylic acids is 1. The Morgan fingerprint density at radius 1 is 1.32 bits per heavy atom. The number of hydrogen-bond acceptors (Lipinski definition) is 3. The molecule has 0 radical (unpaired) electrons. The molecule has 1 amide bonds. The van der Waals surface area contributed by atoms with E-state index in [4.69, 9.17) is 10.9 Å². The van der Waals surface area contributed by atoms with E-state index in [1.54, 1.807) is 24.3 Å². The molecule has 1 aromatic rings. The molecule has 0 aromatic heterocycles. The zero-order chi connectivity index (χ0) is 14.6. The number of benzene rings is 1. The molecule has 1 unspecified atom stereocenters. The topological polar surface area (TPSA) is 98.5 Å². The minimum Gasteiger partial charge on any atom is -0.320 e. The quantitative estimate of drug-likeness (QED) is 0.877. The van der Waals surface area contributed by atoms with E-state index in [1.165, 1.54) is 0 Å². The Kier molecular flexibility index (Phi) is 5.22. The predicted molar refractivity (Wildman–Crippen MR) is 76.6 cm³/mol. The number of nitrogens with zero attached hydrogens (tertiary/aromatic N) is 1. The number of rotatable bonds is 4. The van der Waals surface area contributed by atoms with Crippen molar-refractivity contribution in [1.82, 2.24) is 0 Å². The van der Waals surface area contributed by atoms with Crippen molar-refractivity contribution in [1.29, 1.82) is 0 Å². The van der Waals surface area contributed by atoms with Crippen molar-refractivity contribution in [3.8, 4) is 0 Å². The molecule has 0 fully saturated rings. The summed E-state index contributed by atoms with van der Waals surface area (Å²) >= 11 is 0. The van der Waals surface area contributed by atoms with Crippen LogP contribution < -0.4 is 10.9 Å². The van der Waals surface area contributed by atoms with E-state index in [-0.39, 0.29) is 5.92 Å². The minimum atomic E-state index is -3.21. The maximum Gasteiger partial charge on any atom is 0.271 e. The summed E-state index contributed by atoms with van der Waals surface area (Å²) in [4.78, 5) is 12.1. The molecule has 0 aliphatic rings. The molecule has 0 saturated carbocycles. The van der Waals surface area contributed by atoms with Crippen LogP contribution in [0.2, 0.25) is 0 Å². The third-order valence-corrected chi connectivity index (χ3v) is 4.03. The summed E-state index contributed by atoms with van der Waals surface area (Å²) in [6.07, 6.45) is 0.492. The van der Waals surface area contributed by atoms with Crippen molar-refractivity contribution in [2.45, 2.75) is 38.1 Å². The Morgan fingerprint density at radius 2 is 1.84 bits per heavy atom. The van der Waals surface area contributed by atoms with Gasteiger partial charge in [-0.25, -0.2) is 9.35 Å². The van der Waals surface area contributed by atoms with Crippen LogP contribution in [0.3, 0.4) is 0 Å². The Hall–Kier alpha value is -1.24. The second-order valence-electron chi connectivity index (χ2n) is 5.05. The molecular formula is C13H21N3O2S. The van der Waals surface area contributed by atoms with Crippen LogP contribution in [0.4, 0.5) is 0 Å². The summed E-state index contributed by atoms with van der Waals surface area (Å²) in [7, 11) is -3.21. The zero-order valence-corrected chi connectivity index (χ0v) is 12.3. The number of carbonyl (C=O) groups is 1. The molecule has 0 saturated heterocycles. The van der Waals surface area contributed by atoms with Gasteiger partial charge in [-0.15, -0.1) is 4.36 Å². The maximum atomic E-state index is 12.2. The highest BCUT2D eigenvalue weighted by Crippen LogP contribution is 2.12. The predicted octanol–water partition coefficient (Wildman–Crippen LogP) is 1.60. The highest BCUT2D eigenvalue weighted by Gasteiger charge is 2.17. The van der Waals surface area contributed by atoms with Crippen LogP contribution in [0.5, 0.6) is 0 Å². The lowest BCUT2D eigenvalue weighted by molar-refractivity contribution is -0.119. The second-order valence-corrected chi connectivity index (χ2v) is 6.84. The SMILES string of the molecule is Cc1ccc(S(N)(=O)=NC(=O)[C@@H](N)CC(C)C)cc1. The number of nitrogens with two attached hydrogens (primary N) is 2. The van der Waals surface area contributed by atoms with Crippen molar-refractivity contribution >= 4 is 15.8 Å². The summed E-state index contributed by atoms with van der Waals surface area (Å²) in [5, 5.41) is 5.64. The Balaban J connectivity index is 2.99. The van der Waals surface area contributed by atoms with Crippen molar-refractivity contribution in [2.24, 2.45) is 21.2 Å². The van der Waals surface area contributed by atoms with Gasteiger partial charge in [0, 0.05) is 0 Å². The van der Waals surface area contributed by atoms with E-state index < -0.39 is 21.9 Å². The lowest BCUT2D eigenvalue weighted by Crippen LogP contribution is -2.32. The fraction of sp³-hybridized carbons (Fsp3) is 0.462. The molecule has 6 heteroatoms. The van der Waals surface area contributed by atoms with Gasteiger partial charge >= 0.3 is 0 Å². The van der Waals surface area contributed by atoms with Crippen LogP contribution in [-0.4, -0.2) is 16.2 Å². The van der Waals surface area contributed by atoms with E-state index in [1.807, 2.05) is 20.8 Å². The molecule has 1 aromatic carbocycles. The second kappa shape index (κ2) is 6.27. The van der Waals surface area contributed by atoms with Gasteiger partial charge in [-0.2, -0.15) is 0 Å². The molecule has 0 spiro atoms. The van der Waals surface area contributed by atoms with Crippen molar-refractivity contribution in [2.75, 3.05) is 0 Å².